The molecule has 106 valence electrons. The SMILES string of the molecule is CC1CC(C)CC(N(C)CCC2CCNCC2)C1. The quantitative estimate of drug-likeness (QED) is 0.827. The molecular weight excluding hydrogens is 220 g/mol. The third-order valence-corrected chi connectivity index (χ3v) is 5.13. The molecule has 0 aromatic rings. The van der Waals surface area contributed by atoms with E-state index in [2.05, 4.69) is 31.1 Å². The molecule has 2 unspecified atom stereocenters. The second-order valence-corrected chi connectivity index (χ2v) is 7.03. The van der Waals surface area contributed by atoms with Crippen LogP contribution < -0.4 is 5.32 Å². The zero-order chi connectivity index (χ0) is 13.0. The highest BCUT2D eigenvalue weighted by Crippen LogP contribution is 2.31. The summed E-state index contributed by atoms with van der Waals surface area (Å²) >= 11 is 0. The van der Waals surface area contributed by atoms with Gasteiger partial charge < -0.3 is 10.2 Å². The fourth-order valence-corrected chi connectivity index (χ4v) is 4.00. The number of rotatable bonds is 4. The fourth-order valence-electron chi connectivity index (χ4n) is 4.00. The molecule has 1 N–H and O–H groups in total. The average molecular weight is 252 g/mol. The minimum absolute atomic E-state index is 0.852. The monoisotopic (exact) mass is 252 g/mol. The van der Waals surface area contributed by atoms with Gasteiger partial charge in [0.2, 0.25) is 0 Å². The van der Waals surface area contributed by atoms with E-state index in [0.717, 1.165) is 23.8 Å². The Labute approximate surface area is 114 Å². The van der Waals surface area contributed by atoms with Gasteiger partial charge in [-0.2, -0.15) is 0 Å². The second kappa shape index (κ2) is 6.91. The lowest BCUT2D eigenvalue weighted by molar-refractivity contribution is 0.125. The molecule has 1 aliphatic carbocycles. The van der Waals surface area contributed by atoms with E-state index < -0.39 is 0 Å². The maximum atomic E-state index is 3.46. The molecule has 2 fully saturated rings. The third kappa shape index (κ3) is 4.24. The molecule has 2 atom stereocenters. The summed E-state index contributed by atoms with van der Waals surface area (Å²) in [5.74, 6) is 2.84. The number of nitrogens with zero attached hydrogens (tertiary/aromatic N) is 1. The van der Waals surface area contributed by atoms with Gasteiger partial charge in [0.15, 0.2) is 0 Å². The van der Waals surface area contributed by atoms with Crippen molar-refractivity contribution in [3.63, 3.8) is 0 Å². The first-order valence-corrected chi connectivity index (χ1v) is 8.06. The van der Waals surface area contributed by atoms with Gasteiger partial charge in [-0.05, 0) is 83.0 Å². The van der Waals surface area contributed by atoms with E-state index in [1.807, 2.05) is 0 Å². The van der Waals surface area contributed by atoms with Crippen LogP contribution in [-0.2, 0) is 0 Å². The van der Waals surface area contributed by atoms with E-state index in [-0.39, 0.29) is 0 Å². The van der Waals surface area contributed by atoms with Crippen LogP contribution >= 0.6 is 0 Å². The van der Waals surface area contributed by atoms with Gasteiger partial charge in [-0.15, -0.1) is 0 Å². The van der Waals surface area contributed by atoms with Crippen molar-refractivity contribution in [1.82, 2.24) is 10.2 Å². The van der Waals surface area contributed by atoms with Gasteiger partial charge in [-0.3, -0.25) is 0 Å². The standard InChI is InChI=1S/C16H32N2/c1-13-10-14(2)12-16(11-13)18(3)9-6-15-4-7-17-8-5-15/h13-17H,4-12H2,1-3H3. The number of piperidine rings is 1. The first-order valence-electron chi connectivity index (χ1n) is 8.06. The summed E-state index contributed by atoms with van der Waals surface area (Å²) < 4.78 is 0. The molecule has 1 heterocycles. The minimum atomic E-state index is 0.852. The summed E-state index contributed by atoms with van der Waals surface area (Å²) in [4.78, 5) is 2.66. The Bertz CT molecular complexity index is 225. The Balaban J connectivity index is 1.71. The molecule has 1 saturated carbocycles. The van der Waals surface area contributed by atoms with E-state index in [0.29, 0.717) is 0 Å². The first kappa shape index (κ1) is 14.3. The largest absolute Gasteiger partial charge is 0.317 e. The van der Waals surface area contributed by atoms with Gasteiger partial charge in [0.25, 0.3) is 0 Å². The van der Waals surface area contributed by atoms with Crippen LogP contribution in [0.5, 0.6) is 0 Å². The maximum Gasteiger partial charge on any atom is 0.00972 e. The van der Waals surface area contributed by atoms with Crippen LogP contribution in [0, 0.1) is 17.8 Å². The summed E-state index contributed by atoms with van der Waals surface area (Å²) in [6.07, 6.45) is 8.49. The second-order valence-electron chi connectivity index (χ2n) is 7.03. The summed E-state index contributed by atoms with van der Waals surface area (Å²) in [5, 5.41) is 3.46. The molecule has 1 aliphatic heterocycles. The lowest BCUT2D eigenvalue weighted by Gasteiger charge is -2.38. The highest BCUT2D eigenvalue weighted by Gasteiger charge is 2.26. The molecule has 2 aliphatic rings. The van der Waals surface area contributed by atoms with Crippen molar-refractivity contribution >= 4 is 0 Å². The van der Waals surface area contributed by atoms with Crippen LogP contribution in [0.15, 0.2) is 0 Å². The molecule has 0 aromatic heterocycles. The zero-order valence-corrected chi connectivity index (χ0v) is 12.6. The number of hydrogen-bond donors (Lipinski definition) is 1. The van der Waals surface area contributed by atoms with Gasteiger partial charge in [0.1, 0.15) is 0 Å². The molecule has 1 saturated heterocycles. The van der Waals surface area contributed by atoms with Crippen molar-refractivity contribution < 1.29 is 0 Å². The fraction of sp³-hybridized carbons (Fsp3) is 1.00. The topological polar surface area (TPSA) is 15.3 Å². The van der Waals surface area contributed by atoms with Crippen LogP contribution in [0.3, 0.4) is 0 Å². The highest BCUT2D eigenvalue weighted by molar-refractivity contribution is 4.81. The molecule has 0 spiro atoms. The number of nitrogens with one attached hydrogen (secondary N) is 1. The van der Waals surface area contributed by atoms with Crippen molar-refractivity contribution in [3.8, 4) is 0 Å². The van der Waals surface area contributed by atoms with E-state index >= 15 is 0 Å². The molecule has 2 heteroatoms. The van der Waals surface area contributed by atoms with Crippen LogP contribution in [0.25, 0.3) is 0 Å². The van der Waals surface area contributed by atoms with Crippen LogP contribution in [0.1, 0.15) is 52.4 Å². The Hall–Kier alpha value is -0.0800. The average Bonchev–Trinajstić information content (AvgIpc) is 2.36. The van der Waals surface area contributed by atoms with Gasteiger partial charge in [-0.1, -0.05) is 13.8 Å². The predicted octanol–water partition coefficient (Wildman–Crippen LogP) is 3.13. The predicted molar refractivity (Wildman–Crippen MR) is 78.8 cm³/mol. The van der Waals surface area contributed by atoms with E-state index in [9.17, 15) is 0 Å². The van der Waals surface area contributed by atoms with Crippen LogP contribution in [0.2, 0.25) is 0 Å². The Morgan fingerprint density at radius 3 is 2.22 bits per heavy atom. The smallest absolute Gasteiger partial charge is 0.00972 e. The molecule has 18 heavy (non-hydrogen) atoms. The minimum Gasteiger partial charge on any atom is -0.317 e. The van der Waals surface area contributed by atoms with E-state index in [4.69, 9.17) is 0 Å². The van der Waals surface area contributed by atoms with Crippen LogP contribution in [0.4, 0.5) is 0 Å². The normalized spacial score (nSPS) is 35.0. The lowest BCUT2D eigenvalue weighted by Crippen LogP contribution is -2.39. The Kier molecular flexibility index (Phi) is 5.50. The number of hydrogen-bond acceptors (Lipinski definition) is 2. The van der Waals surface area contributed by atoms with Crippen molar-refractivity contribution in [2.24, 2.45) is 17.8 Å². The molecular formula is C16H32N2. The van der Waals surface area contributed by atoms with E-state index in [1.54, 1.807) is 0 Å². The molecule has 0 aromatic carbocycles. The summed E-state index contributed by atoms with van der Waals surface area (Å²) in [6.45, 7) is 8.67. The summed E-state index contributed by atoms with van der Waals surface area (Å²) in [6, 6.07) is 0.852. The summed E-state index contributed by atoms with van der Waals surface area (Å²) in [7, 11) is 2.36. The lowest BCUT2D eigenvalue weighted by atomic mass is 9.80. The van der Waals surface area contributed by atoms with Crippen molar-refractivity contribution in [3.05, 3.63) is 0 Å². The van der Waals surface area contributed by atoms with Gasteiger partial charge >= 0.3 is 0 Å². The Morgan fingerprint density at radius 2 is 1.61 bits per heavy atom. The molecule has 0 bridgehead atoms. The third-order valence-electron chi connectivity index (χ3n) is 5.13. The van der Waals surface area contributed by atoms with Gasteiger partial charge in [-0.25, -0.2) is 0 Å². The molecule has 2 rings (SSSR count). The highest BCUT2D eigenvalue weighted by atomic mass is 15.1. The molecule has 2 nitrogen and oxygen atoms in total. The van der Waals surface area contributed by atoms with E-state index in [1.165, 1.54) is 58.2 Å². The maximum absolute atomic E-state index is 3.46. The van der Waals surface area contributed by atoms with Gasteiger partial charge in [0, 0.05) is 6.04 Å². The molecule has 0 radical (unpaired) electrons. The van der Waals surface area contributed by atoms with Gasteiger partial charge in [0.05, 0.1) is 0 Å². The van der Waals surface area contributed by atoms with Crippen molar-refractivity contribution in [1.29, 1.82) is 0 Å². The summed E-state index contributed by atoms with van der Waals surface area (Å²) in [5.41, 5.74) is 0. The van der Waals surface area contributed by atoms with Crippen molar-refractivity contribution in [2.45, 2.75) is 58.4 Å². The van der Waals surface area contributed by atoms with Crippen LogP contribution in [-0.4, -0.2) is 37.6 Å². The molecule has 0 amide bonds. The zero-order valence-electron chi connectivity index (χ0n) is 12.6. The van der Waals surface area contributed by atoms with Crippen molar-refractivity contribution in [2.75, 3.05) is 26.7 Å². The first-order chi connectivity index (χ1) is 8.65. The Morgan fingerprint density at radius 1 is 1.00 bits per heavy atom.